The van der Waals surface area contributed by atoms with Gasteiger partial charge in [-0.2, -0.15) is 5.26 Å². The number of nitrogens with zero attached hydrogens (tertiary/aromatic N) is 1. The first-order valence-corrected chi connectivity index (χ1v) is 11.9. The van der Waals surface area contributed by atoms with Crippen LogP contribution < -0.4 is 14.2 Å². The van der Waals surface area contributed by atoms with E-state index in [2.05, 4.69) is 10.8 Å². The number of nitrogens with one attached hydrogen (secondary N) is 1. The van der Waals surface area contributed by atoms with E-state index in [9.17, 15) is 13.7 Å². The Morgan fingerprint density at radius 3 is 2.38 bits per heavy atom. The molecular weight excluding hydrogens is 471 g/mol. The van der Waals surface area contributed by atoms with Crippen LogP contribution >= 0.6 is 23.2 Å². The lowest BCUT2D eigenvalue weighted by Gasteiger charge is -2.19. The van der Waals surface area contributed by atoms with Crippen LogP contribution in [-0.2, 0) is 10.0 Å². The van der Waals surface area contributed by atoms with Gasteiger partial charge in [-0.3, -0.25) is 4.72 Å². The van der Waals surface area contributed by atoms with Gasteiger partial charge in [-0.1, -0.05) is 41.4 Å². The number of halogens is 2. The second-order valence-corrected chi connectivity index (χ2v) is 9.74. The molecule has 4 rings (SSSR count). The first kappa shape index (κ1) is 22.3. The van der Waals surface area contributed by atoms with Crippen LogP contribution in [0.1, 0.15) is 22.6 Å². The zero-order chi connectivity index (χ0) is 22.9. The topological polar surface area (TPSA) is 88.4 Å². The fraction of sp³-hybridized carbons (Fsp3) is 0.174. The van der Waals surface area contributed by atoms with E-state index in [1.807, 2.05) is 0 Å². The van der Waals surface area contributed by atoms with Crippen LogP contribution in [0.5, 0.6) is 11.5 Å². The average Bonchev–Trinajstić information content (AvgIpc) is 2.78. The molecule has 0 radical (unpaired) electrons. The van der Waals surface area contributed by atoms with Crippen molar-refractivity contribution in [1.82, 2.24) is 0 Å². The van der Waals surface area contributed by atoms with E-state index in [1.165, 1.54) is 18.2 Å². The van der Waals surface area contributed by atoms with E-state index in [1.54, 1.807) is 43.3 Å². The molecule has 1 aliphatic heterocycles. The van der Waals surface area contributed by atoms with Crippen molar-refractivity contribution in [2.75, 3.05) is 17.9 Å². The van der Waals surface area contributed by atoms with Gasteiger partial charge in [0.1, 0.15) is 13.2 Å². The first-order valence-electron chi connectivity index (χ1n) is 9.66. The number of ether oxygens (including phenoxy) is 2. The molecule has 1 atom stereocenters. The Kier molecular flexibility index (Phi) is 6.20. The monoisotopic (exact) mass is 488 g/mol. The van der Waals surface area contributed by atoms with Gasteiger partial charge in [0, 0.05) is 16.1 Å². The molecule has 164 valence electrons. The summed E-state index contributed by atoms with van der Waals surface area (Å²) in [4.78, 5) is 0.0393. The second kappa shape index (κ2) is 8.91. The van der Waals surface area contributed by atoms with Crippen molar-refractivity contribution in [3.8, 4) is 17.6 Å². The van der Waals surface area contributed by atoms with Crippen molar-refractivity contribution in [1.29, 1.82) is 5.26 Å². The molecule has 9 heteroatoms. The second-order valence-electron chi connectivity index (χ2n) is 7.21. The maximum absolute atomic E-state index is 13.0. The molecule has 3 aromatic carbocycles. The number of aryl methyl sites for hydroxylation is 1. The zero-order valence-corrected chi connectivity index (χ0v) is 19.3. The number of nitriles is 1. The Bertz CT molecular complexity index is 1320. The molecule has 1 aliphatic rings. The predicted molar refractivity (Wildman–Crippen MR) is 123 cm³/mol. The number of hydrogen-bond acceptors (Lipinski definition) is 5. The van der Waals surface area contributed by atoms with E-state index in [-0.39, 0.29) is 9.92 Å². The van der Waals surface area contributed by atoms with Crippen molar-refractivity contribution in [3.05, 3.63) is 81.3 Å². The largest absolute Gasteiger partial charge is 0.486 e. The molecule has 1 unspecified atom stereocenters. The predicted octanol–water partition coefficient (Wildman–Crippen LogP) is 5.53. The van der Waals surface area contributed by atoms with E-state index >= 15 is 0 Å². The molecule has 1 N–H and O–H groups in total. The van der Waals surface area contributed by atoms with Crippen molar-refractivity contribution >= 4 is 38.9 Å². The van der Waals surface area contributed by atoms with Gasteiger partial charge in [-0.05, 0) is 53.9 Å². The average molecular weight is 489 g/mol. The standard InChI is InChI=1S/C23H18Cl2N2O4S/c1-14-10-18(19(13-26)15-2-4-16(24)5-3-15)20(25)12-21(14)27-32(28,29)17-6-7-22-23(11-17)31-9-8-30-22/h2-7,10-12,19,27H,8-9H2,1H3. The molecule has 0 aliphatic carbocycles. The highest BCUT2D eigenvalue weighted by atomic mass is 35.5. The molecule has 0 saturated heterocycles. The minimum Gasteiger partial charge on any atom is -0.486 e. The quantitative estimate of drug-likeness (QED) is 0.509. The third kappa shape index (κ3) is 4.49. The summed E-state index contributed by atoms with van der Waals surface area (Å²) < 4.78 is 39.4. The van der Waals surface area contributed by atoms with Gasteiger partial charge < -0.3 is 9.47 Å². The van der Waals surface area contributed by atoms with Crippen LogP contribution in [-0.4, -0.2) is 21.6 Å². The summed E-state index contributed by atoms with van der Waals surface area (Å²) in [6.07, 6.45) is 0. The lowest BCUT2D eigenvalue weighted by Crippen LogP contribution is -2.17. The Balaban J connectivity index is 1.64. The number of rotatable bonds is 5. The summed E-state index contributed by atoms with van der Waals surface area (Å²) in [6.45, 7) is 2.52. The van der Waals surface area contributed by atoms with Crippen LogP contribution in [0, 0.1) is 18.3 Å². The van der Waals surface area contributed by atoms with E-state index in [0.29, 0.717) is 46.5 Å². The van der Waals surface area contributed by atoms with Crippen LogP contribution in [0.3, 0.4) is 0 Å². The molecular formula is C23H18Cl2N2O4S. The molecule has 0 aromatic heterocycles. The number of sulfonamides is 1. The molecule has 0 bridgehead atoms. The molecule has 6 nitrogen and oxygen atoms in total. The van der Waals surface area contributed by atoms with E-state index in [4.69, 9.17) is 32.7 Å². The van der Waals surface area contributed by atoms with Crippen LogP contribution in [0.15, 0.2) is 59.5 Å². The van der Waals surface area contributed by atoms with Gasteiger partial charge >= 0.3 is 0 Å². The minimum absolute atomic E-state index is 0.0393. The lowest BCUT2D eigenvalue weighted by molar-refractivity contribution is 0.171. The highest BCUT2D eigenvalue weighted by molar-refractivity contribution is 7.92. The third-order valence-electron chi connectivity index (χ3n) is 5.06. The van der Waals surface area contributed by atoms with Crippen LogP contribution in [0.4, 0.5) is 5.69 Å². The van der Waals surface area contributed by atoms with Crippen molar-refractivity contribution < 1.29 is 17.9 Å². The number of hydrogen-bond donors (Lipinski definition) is 1. The molecule has 1 heterocycles. The highest BCUT2D eigenvalue weighted by Crippen LogP contribution is 2.36. The van der Waals surface area contributed by atoms with Gasteiger partial charge in [-0.25, -0.2) is 8.42 Å². The Labute approximate surface area is 196 Å². The van der Waals surface area contributed by atoms with Crippen molar-refractivity contribution in [2.24, 2.45) is 0 Å². The molecule has 0 amide bonds. The van der Waals surface area contributed by atoms with Crippen LogP contribution in [0.25, 0.3) is 0 Å². The minimum atomic E-state index is -3.91. The molecule has 0 spiro atoms. The van der Waals surface area contributed by atoms with Crippen molar-refractivity contribution in [3.63, 3.8) is 0 Å². The summed E-state index contributed by atoms with van der Waals surface area (Å²) in [5, 5.41) is 10.6. The fourth-order valence-electron chi connectivity index (χ4n) is 3.41. The maximum atomic E-state index is 13.0. The van der Waals surface area contributed by atoms with Gasteiger partial charge in [0.15, 0.2) is 11.5 Å². The molecule has 3 aromatic rings. The Hall–Kier alpha value is -2.92. The summed E-state index contributed by atoms with van der Waals surface area (Å²) >= 11 is 12.4. The van der Waals surface area contributed by atoms with Gasteiger partial charge in [0.05, 0.1) is 22.6 Å². The number of anilines is 1. The van der Waals surface area contributed by atoms with Gasteiger partial charge in [0.2, 0.25) is 0 Å². The maximum Gasteiger partial charge on any atom is 0.262 e. The summed E-state index contributed by atoms with van der Waals surface area (Å²) in [5.74, 6) is 0.259. The summed E-state index contributed by atoms with van der Waals surface area (Å²) in [6, 6.07) is 16.9. The lowest BCUT2D eigenvalue weighted by atomic mass is 9.91. The fourth-order valence-corrected chi connectivity index (χ4v) is 4.94. The SMILES string of the molecule is Cc1cc(C(C#N)c2ccc(Cl)cc2)c(Cl)cc1NS(=O)(=O)c1ccc2c(c1)OCCO2. The zero-order valence-electron chi connectivity index (χ0n) is 16.9. The van der Waals surface area contributed by atoms with Crippen LogP contribution in [0.2, 0.25) is 10.0 Å². The Morgan fingerprint density at radius 2 is 1.69 bits per heavy atom. The third-order valence-corrected chi connectivity index (χ3v) is 7.00. The number of fused-ring (bicyclic) bond motifs is 1. The van der Waals surface area contributed by atoms with E-state index in [0.717, 1.165) is 5.56 Å². The molecule has 32 heavy (non-hydrogen) atoms. The smallest absolute Gasteiger partial charge is 0.262 e. The summed E-state index contributed by atoms with van der Waals surface area (Å²) in [5.41, 5.74) is 2.26. The van der Waals surface area contributed by atoms with Gasteiger partial charge in [-0.15, -0.1) is 0 Å². The normalized spacial score (nSPS) is 13.8. The summed E-state index contributed by atoms with van der Waals surface area (Å²) in [7, 11) is -3.91. The number of benzene rings is 3. The first-order chi connectivity index (χ1) is 15.3. The van der Waals surface area contributed by atoms with Gasteiger partial charge in [0.25, 0.3) is 10.0 Å². The molecule has 0 saturated carbocycles. The van der Waals surface area contributed by atoms with E-state index < -0.39 is 15.9 Å². The van der Waals surface area contributed by atoms with Crippen molar-refractivity contribution in [2.45, 2.75) is 17.7 Å². The Morgan fingerprint density at radius 1 is 1.00 bits per heavy atom. The molecule has 0 fully saturated rings. The highest BCUT2D eigenvalue weighted by Gasteiger charge is 2.23.